The molecule has 21 heavy (non-hydrogen) atoms. The molecule has 0 amide bonds. The predicted octanol–water partition coefficient (Wildman–Crippen LogP) is 2.32. The Morgan fingerprint density at radius 3 is 2.81 bits per heavy atom. The average molecular weight is 291 g/mol. The zero-order valence-corrected chi connectivity index (χ0v) is 12.7. The summed E-state index contributed by atoms with van der Waals surface area (Å²) in [5.74, 6) is 1.92. The molecule has 0 aliphatic rings. The maximum Gasteiger partial charge on any atom is 0.323 e. The van der Waals surface area contributed by atoms with Crippen LogP contribution in [0.2, 0.25) is 0 Å². The molecule has 0 aliphatic heterocycles. The van der Waals surface area contributed by atoms with Crippen LogP contribution in [0.25, 0.3) is 0 Å². The van der Waals surface area contributed by atoms with Gasteiger partial charge in [0.1, 0.15) is 5.76 Å². The molecule has 0 spiro atoms. The quantitative estimate of drug-likeness (QED) is 0.799. The number of hydrogen-bond donors (Lipinski definition) is 1. The largest absolute Gasteiger partial charge is 0.467 e. The fourth-order valence-corrected chi connectivity index (χ4v) is 1.73. The van der Waals surface area contributed by atoms with Gasteiger partial charge in [0.15, 0.2) is 0 Å². The zero-order chi connectivity index (χ0) is 15.1. The second-order valence-corrected chi connectivity index (χ2v) is 4.54. The lowest BCUT2D eigenvalue weighted by atomic mass is 10.4. The predicted molar refractivity (Wildman–Crippen MR) is 80.6 cm³/mol. The number of nitrogens with zero attached hydrogens (tertiary/aromatic N) is 4. The molecule has 0 radical (unpaired) electrons. The van der Waals surface area contributed by atoms with Gasteiger partial charge < -0.3 is 19.4 Å². The molecular formula is C14H21N5O2. The van der Waals surface area contributed by atoms with E-state index < -0.39 is 0 Å². The van der Waals surface area contributed by atoms with Crippen LogP contribution >= 0.6 is 0 Å². The van der Waals surface area contributed by atoms with Crippen LogP contribution in [0, 0.1) is 0 Å². The molecule has 7 nitrogen and oxygen atoms in total. The van der Waals surface area contributed by atoms with Crippen LogP contribution < -0.4 is 15.0 Å². The van der Waals surface area contributed by atoms with Gasteiger partial charge in [-0.15, -0.1) is 0 Å². The summed E-state index contributed by atoms with van der Waals surface area (Å²) < 4.78 is 10.7. The summed E-state index contributed by atoms with van der Waals surface area (Å²) in [7, 11) is 1.90. The molecule has 2 heterocycles. The zero-order valence-electron chi connectivity index (χ0n) is 12.7. The molecule has 1 N–H and O–H groups in total. The van der Waals surface area contributed by atoms with Gasteiger partial charge in [-0.3, -0.25) is 0 Å². The lowest BCUT2D eigenvalue weighted by Gasteiger charge is -2.17. The summed E-state index contributed by atoms with van der Waals surface area (Å²) in [6.07, 6.45) is 2.64. The second-order valence-electron chi connectivity index (χ2n) is 4.54. The number of furan rings is 1. The van der Waals surface area contributed by atoms with Crippen molar-refractivity contribution in [3.8, 4) is 6.01 Å². The van der Waals surface area contributed by atoms with Gasteiger partial charge in [0.25, 0.3) is 0 Å². The summed E-state index contributed by atoms with van der Waals surface area (Å²) in [5, 5.41) is 3.15. The first-order valence-electron chi connectivity index (χ1n) is 7.09. The molecule has 0 saturated heterocycles. The molecule has 2 aromatic rings. The van der Waals surface area contributed by atoms with E-state index in [4.69, 9.17) is 9.15 Å². The highest BCUT2D eigenvalue weighted by Crippen LogP contribution is 2.16. The highest BCUT2D eigenvalue weighted by molar-refractivity contribution is 5.38. The Kier molecular flexibility index (Phi) is 5.36. The van der Waals surface area contributed by atoms with Crippen molar-refractivity contribution in [3.05, 3.63) is 24.2 Å². The number of nitrogens with one attached hydrogen (secondary N) is 1. The normalized spacial score (nSPS) is 10.4. The Morgan fingerprint density at radius 1 is 1.29 bits per heavy atom. The molecule has 2 rings (SSSR count). The van der Waals surface area contributed by atoms with E-state index in [1.807, 2.05) is 31.0 Å². The molecule has 0 aliphatic carbocycles. The van der Waals surface area contributed by atoms with Crippen LogP contribution in [0.15, 0.2) is 22.8 Å². The first-order valence-corrected chi connectivity index (χ1v) is 7.09. The van der Waals surface area contributed by atoms with Gasteiger partial charge >= 0.3 is 6.01 Å². The number of anilines is 2. The van der Waals surface area contributed by atoms with Gasteiger partial charge in [-0.2, -0.15) is 15.0 Å². The number of ether oxygens (including phenoxy) is 1. The van der Waals surface area contributed by atoms with Gasteiger partial charge in [0.2, 0.25) is 11.9 Å². The number of aromatic nitrogens is 3. The van der Waals surface area contributed by atoms with Crippen LogP contribution in [0.5, 0.6) is 6.01 Å². The SMILES string of the molecule is CCCNc1nc(OCC)nc(N(C)Cc2ccco2)n1. The summed E-state index contributed by atoms with van der Waals surface area (Å²) in [5.41, 5.74) is 0. The first kappa shape index (κ1) is 15.1. The van der Waals surface area contributed by atoms with E-state index in [1.54, 1.807) is 6.26 Å². The fourth-order valence-electron chi connectivity index (χ4n) is 1.73. The summed E-state index contributed by atoms with van der Waals surface area (Å²) in [6, 6.07) is 4.10. The topological polar surface area (TPSA) is 76.3 Å². The Labute approximate surface area is 124 Å². The monoisotopic (exact) mass is 291 g/mol. The molecule has 0 atom stereocenters. The first-order chi connectivity index (χ1) is 10.2. The van der Waals surface area contributed by atoms with Crippen molar-refractivity contribution in [1.82, 2.24) is 15.0 Å². The molecule has 0 bridgehead atoms. The minimum Gasteiger partial charge on any atom is -0.467 e. The molecule has 0 aromatic carbocycles. The maximum absolute atomic E-state index is 5.40. The molecule has 0 fully saturated rings. The fraction of sp³-hybridized carbons (Fsp3) is 0.500. The molecule has 114 valence electrons. The lowest BCUT2D eigenvalue weighted by molar-refractivity contribution is 0.312. The second kappa shape index (κ2) is 7.47. The third-order valence-electron chi connectivity index (χ3n) is 2.72. The lowest BCUT2D eigenvalue weighted by Crippen LogP contribution is -2.20. The maximum atomic E-state index is 5.40. The van der Waals surface area contributed by atoms with Crippen molar-refractivity contribution in [3.63, 3.8) is 0 Å². The Hall–Kier alpha value is -2.31. The third-order valence-corrected chi connectivity index (χ3v) is 2.72. The van der Waals surface area contributed by atoms with Crippen molar-refractivity contribution >= 4 is 11.9 Å². The van der Waals surface area contributed by atoms with Crippen molar-refractivity contribution in [2.24, 2.45) is 0 Å². The van der Waals surface area contributed by atoms with E-state index >= 15 is 0 Å². The average Bonchev–Trinajstić information content (AvgIpc) is 2.98. The van der Waals surface area contributed by atoms with Gasteiger partial charge in [-0.25, -0.2) is 0 Å². The van der Waals surface area contributed by atoms with Crippen LogP contribution in [0.4, 0.5) is 11.9 Å². The minimum absolute atomic E-state index is 0.326. The van der Waals surface area contributed by atoms with Crippen LogP contribution in [0.1, 0.15) is 26.0 Å². The molecule has 0 saturated carbocycles. The van der Waals surface area contributed by atoms with E-state index in [9.17, 15) is 0 Å². The van der Waals surface area contributed by atoms with Gasteiger partial charge in [-0.1, -0.05) is 6.92 Å². The highest BCUT2D eigenvalue weighted by atomic mass is 16.5. The van der Waals surface area contributed by atoms with Crippen molar-refractivity contribution in [1.29, 1.82) is 0 Å². The van der Waals surface area contributed by atoms with E-state index in [1.165, 1.54) is 0 Å². The van der Waals surface area contributed by atoms with Gasteiger partial charge in [-0.05, 0) is 25.5 Å². The molecular weight excluding hydrogens is 270 g/mol. The van der Waals surface area contributed by atoms with Crippen LogP contribution in [0.3, 0.4) is 0 Å². The van der Waals surface area contributed by atoms with E-state index in [0.29, 0.717) is 31.1 Å². The number of rotatable bonds is 8. The van der Waals surface area contributed by atoms with E-state index in [-0.39, 0.29) is 0 Å². The Balaban J connectivity index is 2.17. The smallest absolute Gasteiger partial charge is 0.323 e. The minimum atomic E-state index is 0.326. The van der Waals surface area contributed by atoms with Gasteiger partial charge in [0, 0.05) is 13.6 Å². The summed E-state index contributed by atoms with van der Waals surface area (Å²) in [6.45, 7) is 5.88. The van der Waals surface area contributed by atoms with E-state index in [2.05, 4.69) is 27.2 Å². The summed E-state index contributed by atoms with van der Waals surface area (Å²) >= 11 is 0. The number of hydrogen-bond acceptors (Lipinski definition) is 7. The van der Waals surface area contributed by atoms with Gasteiger partial charge in [0.05, 0.1) is 19.4 Å². The Bertz CT molecular complexity index is 544. The summed E-state index contributed by atoms with van der Waals surface area (Å²) in [4.78, 5) is 14.8. The molecule has 7 heteroatoms. The van der Waals surface area contributed by atoms with Crippen LogP contribution in [-0.2, 0) is 6.54 Å². The third kappa shape index (κ3) is 4.34. The van der Waals surface area contributed by atoms with Crippen molar-refractivity contribution < 1.29 is 9.15 Å². The van der Waals surface area contributed by atoms with Crippen LogP contribution in [-0.4, -0.2) is 35.2 Å². The van der Waals surface area contributed by atoms with Crippen molar-refractivity contribution in [2.75, 3.05) is 30.4 Å². The van der Waals surface area contributed by atoms with E-state index in [0.717, 1.165) is 18.7 Å². The molecule has 0 unspecified atom stereocenters. The Morgan fingerprint density at radius 2 is 2.14 bits per heavy atom. The van der Waals surface area contributed by atoms with Crippen molar-refractivity contribution in [2.45, 2.75) is 26.8 Å². The highest BCUT2D eigenvalue weighted by Gasteiger charge is 2.12. The standard InChI is InChI=1S/C14H21N5O2/c1-4-8-15-12-16-13(18-14(17-12)20-5-2)19(3)10-11-7-6-9-21-11/h6-7,9H,4-5,8,10H2,1-3H3,(H,15,16,17,18). The molecule has 2 aromatic heterocycles.